The van der Waals surface area contributed by atoms with Gasteiger partial charge < -0.3 is 10.8 Å². The number of rotatable bonds is 2. The highest BCUT2D eigenvalue weighted by atomic mass is 32.1. The lowest BCUT2D eigenvalue weighted by molar-refractivity contribution is 0.0998. The van der Waals surface area contributed by atoms with Crippen molar-refractivity contribution in [2.75, 3.05) is 0 Å². The molecule has 1 aromatic heterocycles. The fraction of sp³-hybridized carbons (Fsp3) is 0.0909. The van der Waals surface area contributed by atoms with Crippen molar-refractivity contribution in [2.45, 2.75) is 6.92 Å². The SMILES string of the molecule is Cc1ncc(-c2ccc(O)c(C(N)=O)c2)s1. The van der Waals surface area contributed by atoms with Gasteiger partial charge in [-0.05, 0) is 30.7 Å². The van der Waals surface area contributed by atoms with Crippen LogP contribution in [0.25, 0.3) is 10.4 Å². The lowest BCUT2D eigenvalue weighted by Crippen LogP contribution is -2.11. The first-order chi connectivity index (χ1) is 7.58. The fourth-order valence-electron chi connectivity index (χ4n) is 1.38. The maximum absolute atomic E-state index is 11.1. The van der Waals surface area contributed by atoms with Gasteiger partial charge in [0.25, 0.3) is 5.91 Å². The Labute approximate surface area is 96.4 Å². The third-order valence-corrected chi connectivity index (χ3v) is 3.13. The second kappa shape index (κ2) is 3.94. The Kier molecular flexibility index (Phi) is 2.62. The second-order valence-electron chi connectivity index (χ2n) is 3.34. The predicted molar refractivity (Wildman–Crippen MR) is 62.5 cm³/mol. The second-order valence-corrected chi connectivity index (χ2v) is 4.57. The van der Waals surface area contributed by atoms with Crippen molar-refractivity contribution in [1.29, 1.82) is 0 Å². The largest absolute Gasteiger partial charge is 0.507 e. The molecule has 0 saturated carbocycles. The van der Waals surface area contributed by atoms with E-state index in [0.29, 0.717) is 0 Å². The van der Waals surface area contributed by atoms with E-state index in [1.54, 1.807) is 18.3 Å². The molecule has 1 aromatic carbocycles. The maximum Gasteiger partial charge on any atom is 0.252 e. The Morgan fingerprint density at radius 1 is 1.50 bits per heavy atom. The smallest absolute Gasteiger partial charge is 0.252 e. The summed E-state index contributed by atoms with van der Waals surface area (Å²) in [6.07, 6.45) is 1.73. The topological polar surface area (TPSA) is 76.2 Å². The van der Waals surface area contributed by atoms with E-state index in [0.717, 1.165) is 15.4 Å². The summed E-state index contributed by atoms with van der Waals surface area (Å²) in [5.41, 5.74) is 6.11. The van der Waals surface area contributed by atoms with Gasteiger partial charge in [0.1, 0.15) is 5.75 Å². The van der Waals surface area contributed by atoms with Gasteiger partial charge in [0.05, 0.1) is 15.4 Å². The molecule has 4 nitrogen and oxygen atoms in total. The Morgan fingerprint density at radius 2 is 2.25 bits per heavy atom. The van der Waals surface area contributed by atoms with Crippen molar-refractivity contribution in [1.82, 2.24) is 4.98 Å². The minimum atomic E-state index is -0.638. The van der Waals surface area contributed by atoms with E-state index < -0.39 is 5.91 Å². The summed E-state index contributed by atoms with van der Waals surface area (Å²) < 4.78 is 0. The molecular weight excluding hydrogens is 224 g/mol. The summed E-state index contributed by atoms with van der Waals surface area (Å²) >= 11 is 1.52. The van der Waals surface area contributed by atoms with E-state index in [1.807, 2.05) is 6.92 Å². The lowest BCUT2D eigenvalue weighted by atomic mass is 10.1. The first-order valence-electron chi connectivity index (χ1n) is 4.63. The van der Waals surface area contributed by atoms with Gasteiger partial charge in [-0.2, -0.15) is 0 Å². The number of amides is 1. The number of hydrogen-bond acceptors (Lipinski definition) is 4. The normalized spacial score (nSPS) is 10.3. The van der Waals surface area contributed by atoms with E-state index in [9.17, 15) is 9.90 Å². The quantitative estimate of drug-likeness (QED) is 0.833. The van der Waals surface area contributed by atoms with Gasteiger partial charge in [-0.15, -0.1) is 11.3 Å². The predicted octanol–water partition coefficient (Wildman–Crippen LogP) is 1.92. The van der Waals surface area contributed by atoms with Gasteiger partial charge in [0.2, 0.25) is 0 Å². The van der Waals surface area contributed by atoms with Gasteiger partial charge >= 0.3 is 0 Å². The van der Waals surface area contributed by atoms with Crippen LogP contribution in [0.1, 0.15) is 15.4 Å². The van der Waals surface area contributed by atoms with Crippen molar-refractivity contribution in [3.05, 3.63) is 35.0 Å². The number of nitrogens with zero attached hydrogens (tertiary/aromatic N) is 1. The molecule has 16 heavy (non-hydrogen) atoms. The number of nitrogens with two attached hydrogens (primary N) is 1. The number of benzene rings is 1. The molecule has 0 radical (unpaired) electrons. The molecule has 0 saturated heterocycles. The van der Waals surface area contributed by atoms with Gasteiger partial charge in [-0.3, -0.25) is 4.79 Å². The highest BCUT2D eigenvalue weighted by Gasteiger charge is 2.10. The molecule has 0 aliphatic carbocycles. The fourth-order valence-corrected chi connectivity index (χ4v) is 2.16. The minimum absolute atomic E-state index is 0.0995. The summed E-state index contributed by atoms with van der Waals surface area (Å²) in [6.45, 7) is 1.91. The number of primary amides is 1. The minimum Gasteiger partial charge on any atom is -0.507 e. The molecule has 0 aliphatic rings. The number of hydrogen-bond donors (Lipinski definition) is 2. The summed E-state index contributed by atoms with van der Waals surface area (Å²) in [5.74, 6) is -0.738. The molecule has 1 heterocycles. The van der Waals surface area contributed by atoms with Crippen LogP contribution in [0.5, 0.6) is 5.75 Å². The Balaban J connectivity index is 2.51. The lowest BCUT2D eigenvalue weighted by Gasteiger charge is -2.02. The van der Waals surface area contributed by atoms with Gasteiger partial charge in [-0.1, -0.05) is 0 Å². The number of carbonyl (C=O) groups is 1. The molecule has 0 spiro atoms. The van der Waals surface area contributed by atoms with Crippen LogP contribution < -0.4 is 5.73 Å². The Morgan fingerprint density at radius 3 is 2.81 bits per heavy atom. The van der Waals surface area contributed by atoms with E-state index in [2.05, 4.69) is 4.98 Å². The molecule has 82 valence electrons. The summed E-state index contributed by atoms with van der Waals surface area (Å²) in [7, 11) is 0. The standard InChI is InChI=1S/C11H10N2O2S/c1-6-13-5-10(16-6)7-2-3-9(14)8(4-7)11(12)15/h2-5,14H,1H3,(H2,12,15). The zero-order valence-corrected chi connectivity index (χ0v) is 9.41. The Bertz CT molecular complexity index is 549. The monoisotopic (exact) mass is 234 g/mol. The summed E-state index contributed by atoms with van der Waals surface area (Å²) in [4.78, 5) is 16.1. The number of aryl methyl sites for hydroxylation is 1. The average molecular weight is 234 g/mol. The molecule has 0 bridgehead atoms. The first kappa shape index (κ1) is 10.6. The molecule has 2 aromatic rings. The van der Waals surface area contributed by atoms with Gasteiger partial charge in [0, 0.05) is 6.20 Å². The maximum atomic E-state index is 11.1. The van der Waals surface area contributed by atoms with Crippen molar-refractivity contribution in [3.63, 3.8) is 0 Å². The highest BCUT2D eigenvalue weighted by Crippen LogP contribution is 2.29. The van der Waals surface area contributed by atoms with E-state index in [4.69, 9.17) is 5.73 Å². The number of aromatic hydroxyl groups is 1. The van der Waals surface area contributed by atoms with Crippen molar-refractivity contribution >= 4 is 17.2 Å². The van der Waals surface area contributed by atoms with E-state index in [-0.39, 0.29) is 11.3 Å². The highest BCUT2D eigenvalue weighted by molar-refractivity contribution is 7.15. The first-order valence-corrected chi connectivity index (χ1v) is 5.45. The van der Waals surface area contributed by atoms with Crippen LogP contribution in [0.2, 0.25) is 0 Å². The third kappa shape index (κ3) is 1.90. The molecule has 0 atom stereocenters. The van der Waals surface area contributed by atoms with Crippen LogP contribution in [-0.4, -0.2) is 16.0 Å². The summed E-state index contributed by atoms with van der Waals surface area (Å²) in [5, 5.41) is 10.4. The zero-order valence-electron chi connectivity index (χ0n) is 8.60. The van der Waals surface area contributed by atoms with Crippen molar-refractivity contribution in [2.24, 2.45) is 5.73 Å². The third-order valence-electron chi connectivity index (χ3n) is 2.17. The van der Waals surface area contributed by atoms with Crippen LogP contribution in [-0.2, 0) is 0 Å². The molecule has 0 unspecified atom stereocenters. The summed E-state index contributed by atoms with van der Waals surface area (Å²) in [6, 6.07) is 4.77. The number of aromatic nitrogens is 1. The zero-order chi connectivity index (χ0) is 11.7. The van der Waals surface area contributed by atoms with Crippen LogP contribution in [0.15, 0.2) is 24.4 Å². The van der Waals surface area contributed by atoms with Crippen molar-refractivity contribution < 1.29 is 9.90 Å². The van der Waals surface area contributed by atoms with Crippen LogP contribution in [0, 0.1) is 6.92 Å². The molecule has 5 heteroatoms. The average Bonchev–Trinajstić information content (AvgIpc) is 2.65. The van der Waals surface area contributed by atoms with E-state index in [1.165, 1.54) is 17.4 Å². The molecule has 2 rings (SSSR count). The number of carbonyl (C=O) groups excluding carboxylic acids is 1. The Hall–Kier alpha value is -1.88. The van der Waals surface area contributed by atoms with Crippen LogP contribution >= 0.6 is 11.3 Å². The molecule has 3 N–H and O–H groups in total. The number of thiazole rings is 1. The van der Waals surface area contributed by atoms with Crippen LogP contribution in [0.4, 0.5) is 0 Å². The van der Waals surface area contributed by atoms with Crippen molar-refractivity contribution in [3.8, 4) is 16.2 Å². The van der Waals surface area contributed by atoms with E-state index >= 15 is 0 Å². The number of phenols is 1. The van der Waals surface area contributed by atoms with Crippen LogP contribution in [0.3, 0.4) is 0 Å². The van der Waals surface area contributed by atoms with Gasteiger partial charge in [0.15, 0.2) is 0 Å². The van der Waals surface area contributed by atoms with Gasteiger partial charge in [-0.25, -0.2) is 4.98 Å². The molecule has 0 aliphatic heterocycles. The molecule has 1 amide bonds. The molecular formula is C11H10N2O2S. The molecule has 0 fully saturated rings.